The highest BCUT2D eigenvalue weighted by molar-refractivity contribution is 5.50. The van der Waals surface area contributed by atoms with E-state index in [2.05, 4.69) is 0 Å². The number of hydrogen-bond acceptors (Lipinski definition) is 2. The predicted molar refractivity (Wildman–Crippen MR) is 49.1 cm³/mol. The molecule has 0 fully saturated rings. The summed E-state index contributed by atoms with van der Waals surface area (Å²) in [5, 5.41) is 8.52. The SMILES string of the molecule is COc1ccc(C=CCO)cc1. The smallest absolute Gasteiger partial charge is 0.118 e. The Balaban J connectivity index is 2.71. The van der Waals surface area contributed by atoms with Crippen LogP contribution in [0.15, 0.2) is 30.3 Å². The summed E-state index contributed by atoms with van der Waals surface area (Å²) >= 11 is 0. The Kier molecular flexibility index (Phi) is 3.35. The molecule has 12 heavy (non-hydrogen) atoms. The van der Waals surface area contributed by atoms with Crippen molar-refractivity contribution in [2.24, 2.45) is 0 Å². The van der Waals surface area contributed by atoms with Crippen LogP contribution in [0, 0.1) is 0 Å². The molecule has 0 saturated heterocycles. The van der Waals surface area contributed by atoms with E-state index in [4.69, 9.17) is 9.84 Å². The molecule has 0 aliphatic heterocycles. The first-order chi connectivity index (χ1) is 5.86. The van der Waals surface area contributed by atoms with Crippen LogP contribution in [0.25, 0.3) is 6.08 Å². The zero-order valence-electron chi connectivity index (χ0n) is 7.03. The molecule has 0 bridgehead atoms. The van der Waals surface area contributed by atoms with Crippen molar-refractivity contribution in [3.63, 3.8) is 0 Å². The van der Waals surface area contributed by atoms with Gasteiger partial charge in [-0.2, -0.15) is 0 Å². The molecule has 0 unspecified atom stereocenters. The van der Waals surface area contributed by atoms with Crippen LogP contribution in [0.4, 0.5) is 0 Å². The van der Waals surface area contributed by atoms with Crippen molar-refractivity contribution in [1.82, 2.24) is 0 Å². The van der Waals surface area contributed by atoms with Gasteiger partial charge in [-0.1, -0.05) is 24.3 Å². The molecule has 0 aliphatic rings. The molecule has 2 heteroatoms. The van der Waals surface area contributed by atoms with Crippen molar-refractivity contribution in [2.45, 2.75) is 0 Å². The van der Waals surface area contributed by atoms with Crippen LogP contribution in [0.2, 0.25) is 0 Å². The lowest BCUT2D eigenvalue weighted by Crippen LogP contribution is -1.81. The third kappa shape index (κ3) is 2.40. The van der Waals surface area contributed by atoms with Gasteiger partial charge >= 0.3 is 0 Å². The Morgan fingerprint density at radius 2 is 2.00 bits per heavy atom. The number of aliphatic hydroxyl groups excluding tert-OH is 1. The molecule has 0 radical (unpaired) electrons. The summed E-state index contributed by atoms with van der Waals surface area (Å²) in [5.74, 6) is 0.844. The average molecular weight is 164 g/mol. The minimum absolute atomic E-state index is 0.0754. The zero-order chi connectivity index (χ0) is 8.81. The molecule has 0 aliphatic carbocycles. The molecule has 2 nitrogen and oxygen atoms in total. The average Bonchev–Trinajstić information content (AvgIpc) is 2.15. The van der Waals surface area contributed by atoms with Crippen LogP contribution in [0.3, 0.4) is 0 Å². The quantitative estimate of drug-likeness (QED) is 0.736. The number of methoxy groups -OCH3 is 1. The molecule has 0 spiro atoms. The standard InChI is InChI=1S/C10H12O2/c1-12-10-6-4-9(5-7-10)3-2-8-11/h2-7,11H,8H2,1H3. The summed E-state index contributed by atoms with van der Waals surface area (Å²) in [6.45, 7) is 0.0754. The van der Waals surface area contributed by atoms with Gasteiger partial charge in [-0.3, -0.25) is 0 Å². The van der Waals surface area contributed by atoms with E-state index in [9.17, 15) is 0 Å². The monoisotopic (exact) mass is 164 g/mol. The van der Waals surface area contributed by atoms with Crippen LogP contribution in [0.5, 0.6) is 5.75 Å². The lowest BCUT2D eigenvalue weighted by Gasteiger charge is -1.98. The van der Waals surface area contributed by atoms with Crippen LogP contribution in [-0.2, 0) is 0 Å². The molecule has 1 aromatic carbocycles. The van der Waals surface area contributed by atoms with E-state index in [1.807, 2.05) is 30.3 Å². The molecular formula is C10H12O2. The van der Waals surface area contributed by atoms with E-state index in [0.29, 0.717) is 0 Å². The van der Waals surface area contributed by atoms with Gasteiger partial charge in [-0.15, -0.1) is 0 Å². The number of ether oxygens (including phenoxy) is 1. The van der Waals surface area contributed by atoms with Gasteiger partial charge in [-0.25, -0.2) is 0 Å². The molecule has 1 aromatic rings. The maximum atomic E-state index is 8.52. The van der Waals surface area contributed by atoms with E-state index < -0.39 is 0 Å². The predicted octanol–water partition coefficient (Wildman–Crippen LogP) is 1.70. The van der Waals surface area contributed by atoms with Gasteiger partial charge in [0.2, 0.25) is 0 Å². The second-order valence-electron chi connectivity index (χ2n) is 2.36. The van der Waals surface area contributed by atoms with Crippen LogP contribution in [-0.4, -0.2) is 18.8 Å². The van der Waals surface area contributed by atoms with Crippen molar-refractivity contribution in [1.29, 1.82) is 0 Å². The fourth-order valence-electron chi connectivity index (χ4n) is 0.904. The van der Waals surface area contributed by atoms with Crippen molar-refractivity contribution in [2.75, 3.05) is 13.7 Å². The van der Waals surface area contributed by atoms with E-state index in [-0.39, 0.29) is 6.61 Å². The molecule has 64 valence electrons. The third-order valence-corrected chi connectivity index (χ3v) is 1.53. The van der Waals surface area contributed by atoms with Gasteiger partial charge in [0.1, 0.15) is 5.75 Å². The summed E-state index contributed by atoms with van der Waals surface area (Å²) in [6.07, 6.45) is 3.56. The molecule has 0 atom stereocenters. The van der Waals surface area contributed by atoms with Crippen LogP contribution < -0.4 is 4.74 Å². The molecule has 1 rings (SSSR count). The normalized spacial score (nSPS) is 10.5. The highest BCUT2D eigenvalue weighted by Gasteiger charge is 1.88. The lowest BCUT2D eigenvalue weighted by atomic mass is 10.2. The first-order valence-corrected chi connectivity index (χ1v) is 3.78. The second-order valence-corrected chi connectivity index (χ2v) is 2.36. The van der Waals surface area contributed by atoms with Crippen molar-refractivity contribution < 1.29 is 9.84 Å². The Morgan fingerprint density at radius 3 is 2.50 bits per heavy atom. The number of benzene rings is 1. The molecule has 1 N–H and O–H groups in total. The van der Waals surface area contributed by atoms with E-state index in [1.54, 1.807) is 13.2 Å². The van der Waals surface area contributed by atoms with Gasteiger partial charge in [0.05, 0.1) is 13.7 Å². The van der Waals surface area contributed by atoms with Crippen molar-refractivity contribution >= 4 is 6.08 Å². The van der Waals surface area contributed by atoms with E-state index >= 15 is 0 Å². The molecule has 0 heterocycles. The maximum Gasteiger partial charge on any atom is 0.118 e. The van der Waals surface area contributed by atoms with Crippen molar-refractivity contribution in [3.8, 4) is 5.75 Å². The first kappa shape index (κ1) is 8.81. The van der Waals surface area contributed by atoms with Gasteiger partial charge < -0.3 is 9.84 Å². The van der Waals surface area contributed by atoms with Gasteiger partial charge in [-0.05, 0) is 17.7 Å². The summed E-state index contributed by atoms with van der Waals surface area (Å²) in [7, 11) is 1.64. The Labute approximate surface area is 72.1 Å². The van der Waals surface area contributed by atoms with E-state index in [1.165, 1.54) is 0 Å². The van der Waals surface area contributed by atoms with E-state index in [0.717, 1.165) is 11.3 Å². The van der Waals surface area contributed by atoms with Crippen LogP contribution in [0.1, 0.15) is 5.56 Å². The Hall–Kier alpha value is -1.28. The largest absolute Gasteiger partial charge is 0.497 e. The van der Waals surface area contributed by atoms with Gasteiger partial charge in [0, 0.05) is 0 Å². The van der Waals surface area contributed by atoms with Crippen molar-refractivity contribution in [3.05, 3.63) is 35.9 Å². The summed E-state index contributed by atoms with van der Waals surface area (Å²) in [4.78, 5) is 0. The summed E-state index contributed by atoms with van der Waals surface area (Å²) in [5.41, 5.74) is 1.06. The molecule has 0 saturated carbocycles. The first-order valence-electron chi connectivity index (χ1n) is 3.78. The minimum atomic E-state index is 0.0754. The topological polar surface area (TPSA) is 29.5 Å². The Morgan fingerprint density at radius 1 is 1.33 bits per heavy atom. The summed E-state index contributed by atoms with van der Waals surface area (Å²) in [6, 6.07) is 7.64. The summed E-state index contributed by atoms with van der Waals surface area (Å²) < 4.78 is 5.00. The number of hydrogen-bond donors (Lipinski definition) is 1. The molecule has 0 aromatic heterocycles. The molecule has 0 amide bonds. The van der Waals surface area contributed by atoms with Gasteiger partial charge in [0.15, 0.2) is 0 Å². The lowest BCUT2D eigenvalue weighted by molar-refractivity contribution is 0.343. The highest BCUT2D eigenvalue weighted by atomic mass is 16.5. The fraction of sp³-hybridized carbons (Fsp3) is 0.200. The zero-order valence-corrected chi connectivity index (χ0v) is 7.03. The van der Waals surface area contributed by atoms with Crippen LogP contribution >= 0.6 is 0 Å². The Bertz CT molecular complexity index is 249. The van der Waals surface area contributed by atoms with Gasteiger partial charge in [0.25, 0.3) is 0 Å². The number of rotatable bonds is 3. The highest BCUT2D eigenvalue weighted by Crippen LogP contribution is 2.11. The fourth-order valence-corrected chi connectivity index (χ4v) is 0.904. The minimum Gasteiger partial charge on any atom is -0.497 e. The second kappa shape index (κ2) is 4.57. The number of aliphatic hydroxyl groups is 1. The molecular weight excluding hydrogens is 152 g/mol. The maximum absolute atomic E-state index is 8.52. The third-order valence-electron chi connectivity index (χ3n) is 1.53.